The molecule has 16 heavy (non-hydrogen) atoms. The van der Waals surface area contributed by atoms with E-state index in [1.54, 1.807) is 11.3 Å². The van der Waals surface area contributed by atoms with E-state index < -0.39 is 6.09 Å². The third-order valence-electron chi connectivity index (χ3n) is 1.95. The number of thiazole rings is 1. The quantitative estimate of drug-likeness (QED) is 0.823. The molecule has 1 unspecified atom stereocenters. The average molecular weight is 244 g/mol. The molecule has 0 bridgehead atoms. The highest BCUT2D eigenvalue weighted by atomic mass is 32.1. The number of ether oxygens (including phenoxy) is 1. The van der Waals surface area contributed by atoms with Crippen molar-refractivity contribution in [2.45, 2.75) is 26.3 Å². The number of nitrogens with zero attached hydrogens (tertiary/aromatic N) is 1. The Bertz CT molecular complexity index is 341. The molecule has 6 heteroatoms. The van der Waals surface area contributed by atoms with Gasteiger partial charge in [0, 0.05) is 11.1 Å². The summed E-state index contributed by atoms with van der Waals surface area (Å²) in [7, 11) is 0. The molecule has 0 aliphatic rings. The minimum absolute atomic E-state index is 0.0105. The molecule has 1 atom stereocenters. The van der Waals surface area contributed by atoms with Gasteiger partial charge in [-0.2, -0.15) is 0 Å². The lowest BCUT2D eigenvalue weighted by Crippen LogP contribution is -2.28. The first-order valence-electron chi connectivity index (χ1n) is 5.16. The number of aromatic nitrogens is 1. The molecule has 1 rings (SSSR count). The zero-order chi connectivity index (χ0) is 12.0. The van der Waals surface area contributed by atoms with Gasteiger partial charge >= 0.3 is 6.09 Å². The first-order valence-corrected chi connectivity index (χ1v) is 5.97. The lowest BCUT2D eigenvalue weighted by atomic mass is 10.4. The Morgan fingerprint density at radius 3 is 3.06 bits per heavy atom. The van der Waals surface area contributed by atoms with E-state index in [-0.39, 0.29) is 19.3 Å². The van der Waals surface area contributed by atoms with E-state index in [9.17, 15) is 4.79 Å². The summed E-state index contributed by atoms with van der Waals surface area (Å²) in [5.74, 6) is 0. The maximum absolute atomic E-state index is 11.2. The Hall–Kier alpha value is -1.14. The van der Waals surface area contributed by atoms with Crippen molar-refractivity contribution in [1.29, 1.82) is 0 Å². The van der Waals surface area contributed by atoms with Gasteiger partial charge in [-0.25, -0.2) is 9.78 Å². The van der Waals surface area contributed by atoms with Crippen LogP contribution in [0.3, 0.4) is 0 Å². The number of alkyl carbamates (subject to hydrolysis) is 1. The minimum Gasteiger partial charge on any atom is -0.447 e. The van der Waals surface area contributed by atoms with Crippen molar-refractivity contribution in [2.75, 3.05) is 13.2 Å². The molecule has 0 aliphatic heterocycles. The smallest absolute Gasteiger partial charge is 0.407 e. The van der Waals surface area contributed by atoms with Crippen molar-refractivity contribution in [3.8, 4) is 0 Å². The van der Waals surface area contributed by atoms with Gasteiger partial charge in [-0.3, -0.25) is 0 Å². The fourth-order valence-corrected chi connectivity index (χ4v) is 1.96. The van der Waals surface area contributed by atoms with Gasteiger partial charge in [-0.1, -0.05) is 6.92 Å². The van der Waals surface area contributed by atoms with Gasteiger partial charge in [-0.15, -0.1) is 11.3 Å². The molecule has 1 aromatic rings. The van der Waals surface area contributed by atoms with E-state index in [0.29, 0.717) is 0 Å². The van der Waals surface area contributed by atoms with Gasteiger partial charge in [-0.05, 0) is 13.3 Å². The van der Waals surface area contributed by atoms with Gasteiger partial charge in [0.15, 0.2) is 0 Å². The topological polar surface area (TPSA) is 71.5 Å². The number of carbonyl (C=O) groups is 1. The highest BCUT2D eigenvalue weighted by molar-refractivity contribution is 7.11. The van der Waals surface area contributed by atoms with Crippen LogP contribution in [0.25, 0.3) is 0 Å². The first kappa shape index (κ1) is 12.9. The Labute approximate surface area is 98.5 Å². The standard InChI is InChI=1S/C10H16N2O3S/c1-3-8-6-11-9(16-8)7(2)12-10(14)15-5-4-13/h6-7,13H,3-5H2,1-2H3,(H,12,14). The fourth-order valence-electron chi connectivity index (χ4n) is 1.10. The lowest BCUT2D eigenvalue weighted by Gasteiger charge is -2.10. The van der Waals surface area contributed by atoms with Crippen molar-refractivity contribution in [3.05, 3.63) is 16.1 Å². The van der Waals surface area contributed by atoms with E-state index in [1.165, 1.54) is 4.88 Å². The molecule has 90 valence electrons. The maximum atomic E-state index is 11.2. The van der Waals surface area contributed by atoms with Gasteiger partial charge in [0.05, 0.1) is 12.6 Å². The van der Waals surface area contributed by atoms with Gasteiger partial charge in [0.2, 0.25) is 0 Å². The van der Waals surface area contributed by atoms with Gasteiger partial charge in [0.1, 0.15) is 11.6 Å². The van der Waals surface area contributed by atoms with Gasteiger partial charge in [0.25, 0.3) is 0 Å². The van der Waals surface area contributed by atoms with Crippen molar-refractivity contribution in [1.82, 2.24) is 10.3 Å². The van der Waals surface area contributed by atoms with Crippen LogP contribution in [-0.4, -0.2) is 29.4 Å². The molecule has 0 spiro atoms. The lowest BCUT2D eigenvalue weighted by molar-refractivity contribution is 0.116. The fraction of sp³-hybridized carbons (Fsp3) is 0.600. The van der Waals surface area contributed by atoms with Crippen molar-refractivity contribution in [3.63, 3.8) is 0 Å². The summed E-state index contributed by atoms with van der Waals surface area (Å²) in [5.41, 5.74) is 0. The molecular weight excluding hydrogens is 228 g/mol. The summed E-state index contributed by atoms with van der Waals surface area (Å²) in [6.45, 7) is 3.75. The highest BCUT2D eigenvalue weighted by Gasteiger charge is 2.13. The molecule has 0 saturated carbocycles. The number of nitrogens with one attached hydrogen (secondary N) is 1. The second kappa shape index (κ2) is 6.44. The number of aryl methyl sites for hydroxylation is 1. The van der Waals surface area contributed by atoms with E-state index in [4.69, 9.17) is 9.84 Å². The van der Waals surface area contributed by atoms with E-state index in [0.717, 1.165) is 11.4 Å². The van der Waals surface area contributed by atoms with Crippen LogP contribution in [0.15, 0.2) is 6.20 Å². The summed E-state index contributed by atoms with van der Waals surface area (Å²) in [6, 6.07) is -0.170. The van der Waals surface area contributed by atoms with Gasteiger partial charge < -0.3 is 15.2 Å². The number of carbonyl (C=O) groups excluding carboxylic acids is 1. The normalized spacial score (nSPS) is 12.2. The Morgan fingerprint density at radius 1 is 1.75 bits per heavy atom. The van der Waals surface area contributed by atoms with E-state index in [1.807, 2.05) is 13.1 Å². The molecule has 2 N–H and O–H groups in total. The Kier molecular flexibility index (Phi) is 5.21. The summed E-state index contributed by atoms with van der Waals surface area (Å²) >= 11 is 1.58. The number of hydrogen-bond acceptors (Lipinski definition) is 5. The third kappa shape index (κ3) is 3.79. The molecule has 1 aromatic heterocycles. The maximum Gasteiger partial charge on any atom is 0.407 e. The van der Waals surface area contributed by atoms with Crippen molar-refractivity contribution in [2.24, 2.45) is 0 Å². The molecule has 0 aromatic carbocycles. The molecule has 1 amide bonds. The summed E-state index contributed by atoms with van der Waals surface area (Å²) in [5, 5.41) is 12.0. The number of rotatable bonds is 5. The third-order valence-corrected chi connectivity index (χ3v) is 3.27. The monoisotopic (exact) mass is 244 g/mol. The van der Waals surface area contributed by atoms with Crippen LogP contribution in [0.1, 0.15) is 29.8 Å². The zero-order valence-electron chi connectivity index (χ0n) is 9.40. The molecule has 0 saturated heterocycles. The van der Waals surface area contributed by atoms with Crippen LogP contribution >= 0.6 is 11.3 Å². The Morgan fingerprint density at radius 2 is 2.50 bits per heavy atom. The summed E-state index contributed by atoms with van der Waals surface area (Å²) < 4.78 is 4.69. The molecule has 5 nitrogen and oxygen atoms in total. The zero-order valence-corrected chi connectivity index (χ0v) is 10.2. The van der Waals surface area contributed by atoms with Crippen LogP contribution in [-0.2, 0) is 11.2 Å². The van der Waals surface area contributed by atoms with Crippen LogP contribution in [0, 0.1) is 0 Å². The second-order valence-electron chi connectivity index (χ2n) is 3.24. The average Bonchev–Trinajstić information content (AvgIpc) is 2.74. The van der Waals surface area contributed by atoms with Crippen molar-refractivity contribution < 1.29 is 14.6 Å². The number of amides is 1. The molecule has 1 heterocycles. The van der Waals surface area contributed by atoms with Crippen LogP contribution in [0.5, 0.6) is 0 Å². The van der Waals surface area contributed by atoms with Crippen LogP contribution in [0.2, 0.25) is 0 Å². The van der Waals surface area contributed by atoms with E-state index in [2.05, 4.69) is 17.2 Å². The predicted molar refractivity (Wildman–Crippen MR) is 61.5 cm³/mol. The summed E-state index contributed by atoms with van der Waals surface area (Å²) in [4.78, 5) is 16.6. The summed E-state index contributed by atoms with van der Waals surface area (Å²) in [6.07, 6.45) is 2.23. The first-order chi connectivity index (χ1) is 7.67. The second-order valence-corrected chi connectivity index (χ2v) is 4.39. The number of aliphatic hydroxyl groups excluding tert-OH is 1. The predicted octanol–water partition coefficient (Wildman–Crippen LogP) is 1.48. The number of hydrogen-bond donors (Lipinski definition) is 2. The highest BCUT2D eigenvalue weighted by Crippen LogP contribution is 2.20. The van der Waals surface area contributed by atoms with E-state index >= 15 is 0 Å². The number of aliphatic hydroxyl groups is 1. The molecule has 0 radical (unpaired) electrons. The minimum atomic E-state index is -0.533. The largest absolute Gasteiger partial charge is 0.447 e. The molecule has 0 aliphatic carbocycles. The SMILES string of the molecule is CCc1cnc(C(C)NC(=O)OCCO)s1. The molecule has 0 fully saturated rings. The molecular formula is C10H16N2O3S. The Balaban J connectivity index is 2.45. The van der Waals surface area contributed by atoms with Crippen molar-refractivity contribution >= 4 is 17.4 Å². The van der Waals surface area contributed by atoms with Crippen LogP contribution in [0.4, 0.5) is 4.79 Å². The van der Waals surface area contributed by atoms with Crippen LogP contribution < -0.4 is 5.32 Å².